The van der Waals surface area contributed by atoms with Gasteiger partial charge in [0.1, 0.15) is 0 Å². The maximum absolute atomic E-state index is 12.8. The van der Waals surface area contributed by atoms with Gasteiger partial charge in [0.25, 0.3) is 0 Å². The number of rotatable bonds is 5. The molecule has 5 heteroatoms. The third kappa shape index (κ3) is 3.98. The first-order valence-corrected chi connectivity index (χ1v) is 7.40. The molecule has 0 aromatic heterocycles. The number of hydrogen-bond acceptors (Lipinski definition) is 2. The zero-order valence-corrected chi connectivity index (χ0v) is 12.4. The van der Waals surface area contributed by atoms with Gasteiger partial charge in [-0.3, -0.25) is 0 Å². The summed E-state index contributed by atoms with van der Waals surface area (Å²) >= 11 is 0. The minimum absolute atomic E-state index is 0.140. The average molecular weight is 301 g/mol. The van der Waals surface area contributed by atoms with E-state index in [1.807, 2.05) is 7.05 Å². The summed E-state index contributed by atoms with van der Waals surface area (Å²) < 4.78 is 44.0. The van der Waals surface area contributed by atoms with Crippen LogP contribution in [-0.4, -0.2) is 25.8 Å². The Morgan fingerprint density at radius 3 is 2.76 bits per heavy atom. The molecule has 2 rings (SSSR count). The quantitative estimate of drug-likeness (QED) is 0.896. The molecule has 1 saturated heterocycles. The lowest BCUT2D eigenvalue weighted by Gasteiger charge is -2.27. The molecule has 0 spiro atoms. The van der Waals surface area contributed by atoms with E-state index in [4.69, 9.17) is 4.74 Å². The molecule has 0 saturated carbocycles. The van der Waals surface area contributed by atoms with Crippen molar-refractivity contribution in [1.82, 2.24) is 5.32 Å². The van der Waals surface area contributed by atoms with Gasteiger partial charge in [0, 0.05) is 18.6 Å². The van der Waals surface area contributed by atoms with Crippen molar-refractivity contribution >= 4 is 0 Å². The van der Waals surface area contributed by atoms with E-state index in [9.17, 15) is 13.2 Å². The molecule has 3 atom stereocenters. The number of halogens is 3. The molecule has 1 heterocycles. The Hall–Kier alpha value is -1.07. The van der Waals surface area contributed by atoms with Crippen LogP contribution >= 0.6 is 0 Å². The number of alkyl halides is 3. The van der Waals surface area contributed by atoms with Crippen molar-refractivity contribution in [1.29, 1.82) is 0 Å². The fourth-order valence-electron chi connectivity index (χ4n) is 3.14. The summed E-state index contributed by atoms with van der Waals surface area (Å²) in [6.07, 6.45) is -1.60. The molecule has 0 bridgehead atoms. The van der Waals surface area contributed by atoms with E-state index in [2.05, 4.69) is 12.2 Å². The first kappa shape index (κ1) is 16.3. The Morgan fingerprint density at radius 2 is 2.14 bits per heavy atom. The van der Waals surface area contributed by atoms with E-state index >= 15 is 0 Å². The molecule has 21 heavy (non-hydrogen) atoms. The van der Waals surface area contributed by atoms with E-state index in [0.717, 1.165) is 25.5 Å². The van der Waals surface area contributed by atoms with Crippen molar-refractivity contribution in [3.63, 3.8) is 0 Å². The fraction of sp³-hybridized carbons (Fsp3) is 0.625. The fourth-order valence-corrected chi connectivity index (χ4v) is 3.14. The molecular formula is C16H22F3NO. The van der Waals surface area contributed by atoms with E-state index in [0.29, 0.717) is 17.9 Å². The smallest absolute Gasteiger partial charge is 0.378 e. The lowest BCUT2D eigenvalue weighted by Crippen LogP contribution is -2.39. The molecule has 1 aromatic rings. The lowest BCUT2D eigenvalue weighted by molar-refractivity contribution is -0.137. The largest absolute Gasteiger partial charge is 0.416 e. The minimum Gasteiger partial charge on any atom is -0.378 e. The number of nitrogens with one attached hydrogen (secondary N) is 1. The van der Waals surface area contributed by atoms with E-state index < -0.39 is 11.7 Å². The summed E-state index contributed by atoms with van der Waals surface area (Å²) in [5, 5.41) is 3.25. The summed E-state index contributed by atoms with van der Waals surface area (Å²) in [4.78, 5) is 0. The van der Waals surface area contributed by atoms with E-state index in [1.54, 1.807) is 6.07 Å². The number of benzene rings is 1. The highest BCUT2D eigenvalue weighted by atomic mass is 19.4. The molecule has 2 nitrogen and oxygen atoms in total. The van der Waals surface area contributed by atoms with Gasteiger partial charge in [-0.15, -0.1) is 0 Å². The SMILES string of the molecule is CCC1OCCC1C(Cc1cccc(C(F)(F)F)c1)NC. The van der Waals surface area contributed by atoms with Gasteiger partial charge >= 0.3 is 6.18 Å². The highest BCUT2D eigenvalue weighted by molar-refractivity contribution is 5.26. The number of ether oxygens (including phenoxy) is 1. The summed E-state index contributed by atoms with van der Waals surface area (Å²) in [5.41, 5.74) is 0.135. The van der Waals surface area contributed by atoms with Crippen LogP contribution < -0.4 is 5.32 Å². The topological polar surface area (TPSA) is 21.3 Å². The molecule has 0 amide bonds. The van der Waals surface area contributed by atoms with Gasteiger partial charge in [-0.05, 0) is 37.9 Å². The summed E-state index contributed by atoms with van der Waals surface area (Å²) in [6.45, 7) is 2.82. The van der Waals surface area contributed by atoms with Crippen LogP contribution in [0.2, 0.25) is 0 Å². The minimum atomic E-state index is -4.28. The van der Waals surface area contributed by atoms with Crippen LogP contribution in [0.15, 0.2) is 24.3 Å². The van der Waals surface area contributed by atoms with Crippen molar-refractivity contribution in [2.45, 2.75) is 44.5 Å². The Bertz CT molecular complexity index is 461. The molecule has 1 N–H and O–H groups in total. The molecule has 0 aliphatic carbocycles. The zero-order chi connectivity index (χ0) is 15.5. The number of hydrogen-bond donors (Lipinski definition) is 1. The highest BCUT2D eigenvalue weighted by Crippen LogP contribution is 2.31. The molecular weight excluding hydrogens is 279 g/mol. The maximum Gasteiger partial charge on any atom is 0.416 e. The molecule has 0 radical (unpaired) electrons. The third-order valence-corrected chi connectivity index (χ3v) is 4.26. The highest BCUT2D eigenvalue weighted by Gasteiger charge is 2.34. The molecule has 3 unspecified atom stereocenters. The zero-order valence-electron chi connectivity index (χ0n) is 12.4. The van der Waals surface area contributed by atoms with Gasteiger partial charge in [0.15, 0.2) is 0 Å². The van der Waals surface area contributed by atoms with Gasteiger partial charge in [-0.25, -0.2) is 0 Å². The van der Waals surface area contributed by atoms with Crippen molar-refractivity contribution in [3.05, 3.63) is 35.4 Å². The van der Waals surface area contributed by atoms with Crippen LogP contribution in [0, 0.1) is 5.92 Å². The van der Waals surface area contributed by atoms with Gasteiger partial charge in [0.2, 0.25) is 0 Å². The summed E-state index contributed by atoms with van der Waals surface area (Å²) in [7, 11) is 1.86. The lowest BCUT2D eigenvalue weighted by atomic mass is 9.87. The first-order valence-electron chi connectivity index (χ1n) is 7.40. The summed E-state index contributed by atoms with van der Waals surface area (Å²) in [5.74, 6) is 0.356. The monoisotopic (exact) mass is 301 g/mol. The van der Waals surface area contributed by atoms with Crippen LogP contribution in [0.3, 0.4) is 0 Å². The summed E-state index contributed by atoms with van der Waals surface area (Å²) in [6, 6.07) is 5.75. The average Bonchev–Trinajstić information content (AvgIpc) is 2.92. The third-order valence-electron chi connectivity index (χ3n) is 4.26. The number of likely N-dealkylation sites (N-methyl/N-ethyl adjacent to an activating group) is 1. The van der Waals surface area contributed by atoms with Crippen LogP contribution in [0.25, 0.3) is 0 Å². The molecule has 1 aromatic carbocycles. The van der Waals surface area contributed by atoms with Crippen LogP contribution in [0.1, 0.15) is 30.9 Å². The van der Waals surface area contributed by atoms with Gasteiger partial charge in [-0.2, -0.15) is 13.2 Å². The Kier molecular flexibility index (Phi) is 5.27. The van der Waals surface area contributed by atoms with Crippen LogP contribution in [-0.2, 0) is 17.3 Å². The second kappa shape index (κ2) is 6.79. The van der Waals surface area contributed by atoms with Crippen molar-refractivity contribution in [3.8, 4) is 0 Å². The van der Waals surface area contributed by atoms with Crippen LogP contribution in [0.5, 0.6) is 0 Å². The van der Waals surface area contributed by atoms with Gasteiger partial charge < -0.3 is 10.1 Å². The van der Waals surface area contributed by atoms with Crippen molar-refractivity contribution in [2.75, 3.05) is 13.7 Å². The molecule has 118 valence electrons. The first-order chi connectivity index (χ1) is 9.95. The van der Waals surface area contributed by atoms with Crippen molar-refractivity contribution in [2.24, 2.45) is 5.92 Å². The second-order valence-corrected chi connectivity index (χ2v) is 5.57. The van der Waals surface area contributed by atoms with E-state index in [-0.39, 0.29) is 12.1 Å². The molecule has 1 aliphatic heterocycles. The molecule has 1 fully saturated rings. The molecule has 1 aliphatic rings. The second-order valence-electron chi connectivity index (χ2n) is 5.57. The Morgan fingerprint density at radius 1 is 1.38 bits per heavy atom. The predicted octanol–water partition coefficient (Wildman–Crippen LogP) is 3.65. The van der Waals surface area contributed by atoms with Crippen LogP contribution in [0.4, 0.5) is 13.2 Å². The van der Waals surface area contributed by atoms with E-state index in [1.165, 1.54) is 12.1 Å². The van der Waals surface area contributed by atoms with Gasteiger partial charge in [0.05, 0.1) is 11.7 Å². The van der Waals surface area contributed by atoms with Crippen molar-refractivity contribution < 1.29 is 17.9 Å². The normalized spacial score (nSPS) is 24.2. The standard InChI is InChI=1S/C16H22F3NO/c1-3-15-13(7-8-21-15)14(20-2)10-11-5-4-6-12(9-11)16(17,18)19/h4-6,9,13-15,20H,3,7-8,10H2,1-2H3. The predicted molar refractivity (Wildman–Crippen MR) is 76.1 cm³/mol. The Labute approximate surface area is 123 Å². The maximum atomic E-state index is 12.8. The Balaban J connectivity index is 2.12. The van der Waals surface area contributed by atoms with Gasteiger partial charge in [-0.1, -0.05) is 25.1 Å².